The van der Waals surface area contributed by atoms with Gasteiger partial charge in [0.2, 0.25) is 5.91 Å². The molecule has 2 fully saturated rings. The largest absolute Gasteiger partial charge is 0.339 e. The van der Waals surface area contributed by atoms with Crippen LogP contribution in [-0.2, 0) is 4.79 Å². The van der Waals surface area contributed by atoms with Crippen molar-refractivity contribution >= 4 is 5.91 Å². The van der Waals surface area contributed by atoms with E-state index in [0.717, 1.165) is 6.54 Å². The Hall–Kier alpha value is -0.570. The molecule has 0 saturated carbocycles. The van der Waals surface area contributed by atoms with Crippen molar-refractivity contribution in [1.82, 2.24) is 9.80 Å². The molecule has 0 aromatic rings. The minimum atomic E-state index is 0.157. The lowest BCUT2D eigenvalue weighted by Crippen LogP contribution is -2.47. The van der Waals surface area contributed by atoms with E-state index >= 15 is 0 Å². The molecule has 2 saturated heterocycles. The van der Waals surface area contributed by atoms with Gasteiger partial charge in [0, 0.05) is 25.6 Å². The number of likely N-dealkylation sites (tertiary alicyclic amines) is 2. The molecule has 2 heterocycles. The van der Waals surface area contributed by atoms with Gasteiger partial charge in [-0.15, -0.1) is 0 Å². The Morgan fingerprint density at radius 1 is 1.09 bits per heavy atom. The predicted molar refractivity (Wildman–Crippen MR) is 92.8 cm³/mol. The Bertz CT molecular complexity index is 410. The normalized spacial score (nSPS) is 31.0. The molecule has 0 bridgehead atoms. The number of hydrogen-bond acceptors (Lipinski definition) is 2. The van der Waals surface area contributed by atoms with E-state index in [9.17, 15) is 4.79 Å². The molecule has 3 heteroatoms. The van der Waals surface area contributed by atoms with Crippen LogP contribution in [0.4, 0.5) is 0 Å². The molecule has 2 aliphatic rings. The van der Waals surface area contributed by atoms with Gasteiger partial charge in [-0.25, -0.2) is 0 Å². The molecule has 0 aliphatic carbocycles. The highest BCUT2D eigenvalue weighted by molar-refractivity contribution is 5.74. The van der Waals surface area contributed by atoms with Crippen LogP contribution in [0.3, 0.4) is 0 Å². The van der Waals surface area contributed by atoms with E-state index < -0.39 is 0 Å². The van der Waals surface area contributed by atoms with E-state index in [4.69, 9.17) is 0 Å². The number of carbonyl (C=O) groups excluding carboxylic acids is 1. The molecule has 0 aromatic heterocycles. The summed E-state index contributed by atoms with van der Waals surface area (Å²) in [6, 6.07) is 1.08. The fourth-order valence-corrected chi connectivity index (χ4v) is 5.31. The van der Waals surface area contributed by atoms with Gasteiger partial charge in [-0.2, -0.15) is 0 Å². The number of amides is 1. The molecule has 0 spiro atoms. The van der Waals surface area contributed by atoms with Crippen LogP contribution in [-0.4, -0.2) is 47.9 Å². The standard InChI is InChI=1S/C19H36N2O/c1-14(22)21-12-10-15(17(21)18(2,3)4)13-19(5,6)16-9-8-11-20(16)7/h15-17H,8-13H2,1-7H3. The number of carbonyl (C=O) groups is 1. The van der Waals surface area contributed by atoms with Crippen molar-refractivity contribution in [2.24, 2.45) is 16.7 Å². The molecule has 0 radical (unpaired) electrons. The zero-order valence-corrected chi connectivity index (χ0v) is 15.8. The summed E-state index contributed by atoms with van der Waals surface area (Å²) in [4.78, 5) is 16.7. The van der Waals surface area contributed by atoms with Gasteiger partial charge in [0.05, 0.1) is 0 Å². The Labute approximate surface area is 137 Å². The number of hydrogen-bond donors (Lipinski definition) is 0. The first-order chi connectivity index (χ1) is 10.0. The molecule has 128 valence electrons. The Morgan fingerprint density at radius 2 is 1.73 bits per heavy atom. The lowest BCUT2D eigenvalue weighted by molar-refractivity contribution is -0.132. The molecule has 3 atom stereocenters. The minimum Gasteiger partial charge on any atom is -0.339 e. The van der Waals surface area contributed by atoms with Crippen molar-refractivity contribution in [3.05, 3.63) is 0 Å². The first-order valence-corrected chi connectivity index (χ1v) is 9.01. The van der Waals surface area contributed by atoms with Crippen LogP contribution < -0.4 is 0 Å². The van der Waals surface area contributed by atoms with Gasteiger partial charge in [-0.3, -0.25) is 4.79 Å². The summed E-state index contributed by atoms with van der Waals surface area (Å²) in [5.41, 5.74) is 0.483. The van der Waals surface area contributed by atoms with Crippen molar-refractivity contribution in [2.75, 3.05) is 20.1 Å². The van der Waals surface area contributed by atoms with E-state index in [1.54, 1.807) is 6.92 Å². The maximum absolute atomic E-state index is 12.0. The second-order valence-electron chi connectivity index (χ2n) is 9.40. The van der Waals surface area contributed by atoms with Crippen LogP contribution in [0.2, 0.25) is 0 Å². The number of rotatable bonds is 3. The zero-order valence-electron chi connectivity index (χ0n) is 15.8. The van der Waals surface area contributed by atoms with E-state index in [0.29, 0.717) is 23.4 Å². The molecule has 0 N–H and O–H groups in total. The highest BCUT2D eigenvalue weighted by Crippen LogP contribution is 2.45. The monoisotopic (exact) mass is 308 g/mol. The van der Waals surface area contributed by atoms with Gasteiger partial charge in [0.1, 0.15) is 0 Å². The van der Waals surface area contributed by atoms with Crippen molar-refractivity contribution in [2.45, 2.75) is 79.3 Å². The van der Waals surface area contributed by atoms with Crippen LogP contribution in [0.5, 0.6) is 0 Å². The second-order valence-corrected chi connectivity index (χ2v) is 9.40. The third-order valence-corrected chi connectivity index (χ3v) is 6.03. The van der Waals surface area contributed by atoms with Gasteiger partial charge in [0.15, 0.2) is 0 Å². The van der Waals surface area contributed by atoms with Crippen LogP contribution in [0, 0.1) is 16.7 Å². The lowest BCUT2D eigenvalue weighted by atomic mass is 9.69. The fourth-order valence-electron chi connectivity index (χ4n) is 5.31. The molecule has 1 amide bonds. The maximum Gasteiger partial charge on any atom is 0.219 e. The van der Waals surface area contributed by atoms with Crippen molar-refractivity contribution in [3.63, 3.8) is 0 Å². The smallest absolute Gasteiger partial charge is 0.219 e. The van der Waals surface area contributed by atoms with Crippen LogP contribution >= 0.6 is 0 Å². The minimum absolute atomic E-state index is 0.157. The summed E-state index contributed by atoms with van der Waals surface area (Å²) < 4.78 is 0. The Morgan fingerprint density at radius 3 is 2.18 bits per heavy atom. The Balaban J connectivity index is 2.15. The van der Waals surface area contributed by atoms with Crippen molar-refractivity contribution in [1.29, 1.82) is 0 Å². The van der Waals surface area contributed by atoms with E-state index in [1.807, 2.05) is 0 Å². The topological polar surface area (TPSA) is 23.6 Å². The van der Waals surface area contributed by atoms with E-state index in [1.165, 1.54) is 32.2 Å². The zero-order chi connectivity index (χ0) is 16.7. The van der Waals surface area contributed by atoms with Crippen LogP contribution in [0.1, 0.15) is 67.2 Å². The second kappa shape index (κ2) is 6.14. The first kappa shape index (κ1) is 17.8. The van der Waals surface area contributed by atoms with Gasteiger partial charge in [-0.05, 0) is 56.0 Å². The average Bonchev–Trinajstić information content (AvgIpc) is 2.94. The van der Waals surface area contributed by atoms with Crippen LogP contribution in [0.25, 0.3) is 0 Å². The van der Waals surface area contributed by atoms with Gasteiger partial charge in [0.25, 0.3) is 0 Å². The third kappa shape index (κ3) is 3.50. The predicted octanol–water partition coefficient (Wildman–Crippen LogP) is 3.78. The van der Waals surface area contributed by atoms with E-state index in [2.05, 4.69) is 51.5 Å². The van der Waals surface area contributed by atoms with Crippen molar-refractivity contribution in [3.8, 4) is 0 Å². The summed E-state index contributed by atoms with van der Waals surface area (Å²) >= 11 is 0. The SMILES string of the molecule is CC(=O)N1CCC(CC(C)(C)C2CCCN2C)C1C(C)(C)C. The number of nitrogens with zero attached hydrogens (tertiary/aromatic N) is 2. The molecule has 3 unspecified atom stereocenters. The third-order valence-electron chi connectivity index (χ3n) is 6.03. The first-order valence-electron chi connectivity index (χ1n) is 9.01. The van der Waals surface area contributed by atoms with Gasteiger partial charge >= 0.3 is 0 Å². The fraction of sp³-hybridized carbons (Fsp3) is 0.947. The summed E-state index contributed by atoms with van der Waals surface area (Å²) in [7, 11) is 2.27. The molecule has 2 rings (SSSR count). The summed E-state index contributed by atoms with van der Waals surface area (Å²) in [6.45, 7) is 15.7. The average molecular weight is 309 g/mol. The molecule has 2 aliphatic heterocycles. The van der Waals surface area contributed by atoms with Crippen molar-refractivity contribution < 1.29 is 4.79 Å². The maximum atomic E-state index is 12.0. The van der Waals surface area contributed by atoms with Gasteiger partial charge < -0.3 is 9.80 Å². The lowest BCUT2D eigenvalue weighted by Gasteiger charge is -2.43. The molecule has 22 heavy (non-hydrogen) atoms. The summed E-state index contributed by atoms with van der Waals surface area (Å²) in [5.74, 6) is 0.881. The summed E-state index contributed by atoms with van der Waals surface area (Å²) in [6.07, 6.45) is 5.06. The van der Waals surface area contributed by atoms with Crippen LogP contribution in [0.15, 0.2) is 0 Å². The molecular weight excluding hydrogens is 272 g/mol. The Kier molecular flexibility index (Phi) is 4.97. The molecular formula is C19H36N2O. The van der Waals surface area contributed by atoms with Gasteiger partial charge in [-0.1, -0.05) is 34.6 Å². The van der Waals surface area contributed by atoms with E-state index in [-0.39, 0.29) is 11.3 Å². The summed E-state index contributed by atoms with van der Waals surface area (Å²) in [5, 5.41) is 0. The molecule has 0 aromatic carbocycles. The highest BCUT2D eigenvalue weighted by Gasteiger charge is 2.46. The quantitative estimate of drug-likeness (QED) is 0.792. The highest BCUT2D eigenvalue weighted by atomic mass is 16.2. The molecule has 3 nitrogen and oxygen atoms in total.